The number of para-hydroxylation sites is 1. The van der Waals surface area contributed by atoms with Gasteiger partial charge in [-0.2, -0.15) is 0 Å². The largest absolute Gasteiger partial charge is 0.459 e. The first-order chi connectivity index (χ1) is 12.8. The van der Waals surface area contributed by atoms with Crippen molar-refractivity contribution in [3.05, 3.63) is 65.4 Å². The molecule has 1 amide bonds. The smallest absolute Gasteiger partial charge is 0.251 e. The van der Waals surface area contributed by atoms with Crippen molar-refractivity contribution in [3.8, 4) is 0 Å². The second-order valence-electron chi connectivity index (χ2n) is 6.81. The Morgan fingerprint density at radius 2 is 1.96 bits per heavy atom. The van der Waals surface area contributed by atoms with Gasteiger partial charge in [0.2, 0.25) is 10.0 Å². The van der Waals surface area contributed by atoms with E-state index in [4.69, 9.17) is 4.42 Å². The van der Waals surface area contributed by atoms with E-state index in [0.29, 0.717) is 30.0 Å². The summed E-state index contributed by atoms with van der Waals surface area (Å²) in [6.45, 7) is 2.28. The lowest BCUT2D eigenvalue weighted by Gasteiger charge is -2.17. The minimum absolute atomic E-state index is 0.219. The van der Waals surface area contributed by atoms with Gasteiger partial charge >= 0.3 is 0 Å². The highest BCUT2D eigenvalue weighted by Gasteiger charge is 2.27. The molecule has 4 rings (SSSR count). The quantitative estimate of drug-likeness (QED) is 0.749. The Morgan fingerprint density at radius 1 is 1.19 bits per heavy atom. The van der Waals surface area contributed by atoms with E-state index >= 15 is 0 Å². The van der Waals surface area contributed by atoms with Crippen LogP contribution in [0.25, 0.3) is 11.0 Å². The average Bonchev–Trinajstić information content (AvgIpc) is 3.24. The molecule has 0 aliphatic carbocycles. The third-order valence-electron chi connectivity index (χ3n) is 4.81. The fourth-order valence-electron chi connectivity index (χ4n) is 3.42. The lowest BCUT2D eigenvalue weighted by molar-refractivity contribution is 0.0935. The van der Waals surface area contributed by atoms with Crippen molar-refractivity contribution in [3.63, 3.8) is 0 Å². The zero-order valence-electron chi connectivity index (χ0n) is 15.1. The van der Waals surface area contributed by atoms with Crippen LogP contribution in [0.2, 0.25) is 0 Å². The Balaban J connectivity index is 1.53. The van der Waals surface area contributed by atoms with Crippen LogP contribution in [-0.2, 0) is 16.4 Å². The molecule has 1 atom stereocenters. The second kappa shape index (κ2) is 6.42. The Hall–Kier alpha value is -2.80. The molecule has 7 heteroatoms. The van der Waals surface area contributed by atoms with Crippen LogP contribution in [0.3, 0.4) is 0 Å². The number of benzene rings is 2. The molecule has 27 heavy (non-hydrogen) atoms. The lowest BCUT2D eigenvalue weighted by Crippen LogP contribution is -2.28. The van der Waals surface area contributed by atoms with Crippen LogP contribution in [0, 0.1) is 0 Å². The van der Waals surface area contributed by atoms with E-state index in [-0.39, 0.29) is 11.9 Å². The van der Waals surface area contributed by atoms with Gasteiger partial charge in [0.25, 0.3) is 5.91 Å². The zero-order chi connectivity index (χ0) is 19.2. The number of furan rings is 1. The van der Waals surface area contributed by atoms with Crippen LogP contribution in [-0.4, -0.2) is 27.1 Å². The molecule has 2 aromatic carbocycles. The van der Waals surface area contributed by atoms with Gasteiger partial charge in [0, 0.05) is 17.5 Å². The number of nitrogens with zero attached hydrogens (tertiary/aromatic N) is 1. The maximum atomic E-state index is 12.6. The first-order valence-corrected chi connectivity index (χ1v) is 10.6. The molecule has 1 aromatic heterocycles. The predicted octanol–water partition coefficient (Wildman–Crippen LogP) is 3.25. The summed E-state index contributed by atoms with van der Waals surface area (Å²) in [6, 6.07) is 14.5. The highest BCUT2D eigenvalue weighted by Crippen LogP contribution is 2.31. The molecule has 3 aromatic rings. The fraction of sp³-hybridized carbons (Fsp3) is 0.250. The molecule has 140 valence electrons. The van der Waals surface area contributed by atoms with Gasteiger partial charge in [-0.05, 0) is 49.2 Å². The summed E-state index contributed by atoms with van der Waals surface area (Å²) in [5.41, 5.74) is 2.81. The van der Waals surface area contributed by atoms with Crippen molar-refractivity contribution in [1.82, 2.24) is 5.32 Å². The van der Waals surface area contributed by atoms with Crippen molar-refractivity contribution in [2.75, 3.05) is 17.1 Å². The molecule has 0 bridgehead atoms. The fourth-order valence-corrected chi connectivity index (χ4v) is 4.38. The Bertz CT molecular complexity index is 1100. The summed E-state index contributed by atoms with van der Waals surface area (Å²) in [5, 5.41) is 3.93. The van der Waals surface area contributed by atoms with Gasteiger partial charge in [-0.1, -0.05) is 18.2 Å². The zero-order valence-corrected chi connectivity index (χ0v) is 15.9. The topological polar surface area (TPSA) is 79.6 Å². The molecule has 0 saturated heterocycles. The SMILES string of the molecule is CC(NC(=O)c1ccc2c(c1)CCN2S(C)(=O)=O)c1cc2ccccc2o1. The van der Waals surface area contributed by atoms with E-state index in [2.05, 4.69) is 5.32 Å². The molecule has 2 heterocycles. The molecule has 1 unspecified atom stereocenters. The number of carbonyl (C=O) groups is 1. The molecule has 0 radical (unpaired) electrons. The van der Waals surface area contributed by atoms with Crippen LogP contribution < -0.4 is 9.62 Å². The van der Waals surface area contributed by atoms with Gasteiger partial charge in [0.15, 0.2) is 0 Å². The number of hydrogen-bond acceptors (Lipinski definition) is 4. The number of anilines is 1. The number of sulfonamides is 1. The van der Waals surface area contributed by atoms with E-state index in [1.54, 1.807) is 18.2 Å². The molecule has 6 nitrogen and oxygen atoms in total. The monoisotopic (exact) mass is 384 g/mol. The van der Waals surface area contributed by atoms with Crippen LogP contribution in [0.4, 0.5) is 5.69 Å². The van der Waals surface area contributed by atoms with Crippen molar-refractivity contribution in [1.29, 1.82) is 0 Å². The maximum Gasteiger partial charge on any atom is 0.251 e. The standard InChI is InChI=1S/C20H20N2O4S/c1-13(19-12-15-5-3-4-6-18(15)26-19)21-20(23)16-7-8-17-14(11-16)9-10-22(17)27(2,24)25/h3-8,11-13H,9-10H2,1-2H3,(H,21,23). The Kier molecular flexibility index (Phi) is 4.19. The predicted molar refractivity (Wildman–Crippen MR) is 104 cm³/mol. The summed E-state index contributed by atoms with van der Waals surface area (Å²) < 4.78 is 30.8. The van der Waals surface area contributed by atoms with Crippen molar-refractivity contribution >= 4 is 32.6 Å². The second-order valence-corrected chi connectivity index (χ2v) is 8.72. The molecular weight excluding hydrogens is 364 g/mol. The van der Waals surface area contributed by atoms with E-state index < -0.39 is 10.0 Å². The Morgan fingerprint density at radius 3 is 2.70 bits per heavy atom. The molecule has 1 aliphatic rings. The lowest BCUT2D eigenvalue weighted by atomic mass is 10.1. The van der Waals surface area contributed by atoms with Crippen LogP contribution >= 0.6 is 0 Å². The number of carbonyl (C=O) groups excluding carboxylic acids is 1. The highest BCUT2D eigenvalue weighted by atomic mass is 32.2. The molecule has 0 fully saturated rings. The minimum atomic E-state index is -3.30. The molecule has 0 spiro atoms. The van der Waals surface area contributed by atoms with Gasteiger partial charge in [-0.25, -0.2) is 8.42 Å². The summed E-state index contributed by atoms with van der Waals surface area (Å²) in [4.78, 5) is 12.6. The first-order valence-electron chi connectivity index (χ1n) is 8.73. The third kappa shape index (κ3) is 3.30. The summed E-state index contributed by atoms with van der Waals surface area (Å²) in [7, 11) is -3.30. The number of rotatable bonds is 4. The molecule has 0 saturated carbocycles. The number of nitrogens with one attached hydrogen (secondary N) is 1. The third-order valence-corrected chi connectivity index (χ3v) is 5.99. The van der Waals surface area contributed by atoms with Crippen molar-refractivity contribution in [2.45, 2.75) is 19.4 Å². The van der Waals surface area contributed by atoms with Gasteiger partial charge in [0.05, 0.1) is 18.0 Å². The van der Waals surface area contributed by atoms with Gasteiger partial charge < -0.3 is 9.73 Å². The maximum absolute atomic E-state index is 12.6. The summed E-state index contributed by atoms with van der Waals surface area (Å²) in [6.07, 6.45) is 1.79. The molecule has 1 aliphatic heterocycles. The van der Waals surface area contributed by atoms with Crippen molar-refractivity contribution in [2.24, 2.45) is 0 Å². The number of fused-ring (bicyclic) bond motifs is 2. The normalized spacial score (nSPS) is 15.0. The number of amides is 1. The van der Waals surface area contributed by atoms with Gasteiger partial charge in [0.1, 0.15) is 11.3 Å². The Labute approximate surface area is 157 Å². The van der Waals surface area contributed by atoms with E-state index in [1.165, 1.54) is 10.6 Å². The number of hydrogen-bond donors (Lipinski definition) is 1. The highest BCUT2D eigenvalue weighted by molar-refractivity contribution is 7.92. The van der Waals surface area contributed by atoms with Crippen LogP contribution in [0.5, 0.6) is 0 Å². The van der Waals surface area contributed by atoms with Crippen LogP contribution in [0.15, 0.2) is 52.9 Å². The average molecular weight is 384 g/mol. The summed E-state index contributed by atoms with van der Waals surface area (Å²) in [5.74, 6) is 0.470. The van der Waals surface area contributed by atoms with Crippen molar-refractivity contribution < 1.29 is 17.6 Å². The minimum Gasteiger partial charge on any atom is -0.459 e. The van der Waals surface area contributed by atoms with E-state index in [9.17, 15) is 13.2 Å². The van der Waals surface area contributed by atoms with E-state index in [0.717, 1.165) is 16.5 Å². The first kappa shape index (κ1) is 17.6. The molecule has 1 N–H and O–H groups in total. The van der Waals surface area contributed by atoms with E-state index in [1.807, 2.05) is 37.3 Å². The molecular formula is C20H20N2O4S. The summed E-state index contributed by atoms with van der Waals surface area (Å²) >= 11 is 0. The van der Waals surface area contributed by atoms with Gasteiger partial charge in [-0.15, -0.1) is 0 Å². The van der Waals surface area contributed by atoms with Crippen LogP contribution in [0.1, 0.15) is 34.6 Å². The van der Waals surface area contributed by atoms with Gasteiger partial charge in [-0.3, -0.25) is 9.10 Å².